The molecule has 134 valence electrons. The van der Waals surface area contributed by atoms with E-state index in [1.54, 1.807) is 42.6 Å². The van der Waals surface area contributed by atoms with Crippen molar-refractivity contribution in [2.75, 3.05) is 21.9 Å². The summed E-state index contributed by atoms with van der Waals surface area (Å²) in [5.41, 5.74) is 2.22. The maximum Gasteiger partial charge on any atom is 0.255 e. The minimum absolute atomic E-state index is 0.166. The van der Waals surface area contributed by atoms with Gasteiger partial charge in [-0.3, -0.25) is 9.10 Å². The topological polar surface area (TPSA) is 92.5 Å². The van der Waals surface area contributed by atoms with Crippen molar-refractivity contribution in [3.05, 3.63) is 54.2 Å². The molecule has 0 radical (unpaired) electrons. The fourth-order valence-corrected chi connectivity index (χ4v) is 4.64. The molecule has 1 amide bonds. The van der Waals surface area contributed by atoms with Gasteiger partial charge in [0.2, 0.25) is 10.0 Å². The van der Waals surface area contributed by atoms with Crippen LogP contribution in [0, 0.1) is 0 Å². The number of carbonyl (C=O) groups excluding carboxylic acids is 1. The van der Waals surface area contributed by atoms with E-state index in [2.05, 4.69) is 10.5 Å². The van der Waals surface area contributed by atoms with Crippen LogP contribution in [0.15, 0.2) is 53.2 Å². The molecule has 2 aromatic carbocycles. The summed E-state index contributed by atoms with van der Waals surface area (Å²) in [6.07, 6.45) is 3.13. The van der Waals surface area contributed by atoms with Crippen LogP contribution in [0.1, 0.15) is 23.2 Å². The third-order valence-corrected chi connectivity index (χ3v) is 6.25. The number of carbonyl (C=O) groups is 1. The van der Waals surface area contributed by atoms with Gasteiger partial charge in [-0.05, 0) is 49.2 Å². The van der Waals surface area contributed by atoms with Crippen molar-refractivity contribution >= 4 is 38.3 Å². The predicted octanol–water partition coefficient (Wildman–Crippen LogP) is 3.01. The maximum atomic E-state index is 12.4. The lowest BCUT2D eigenvalue weighted by Gasteiger charge is -2.28. The molecule has 2 heterocycles. The van der Waals surface area contributed by atoms with E-state index in [9.17, 15) is 13.2 Å². The van der Waals surface area contributed by atoms with Crippen molar-refractivity contribution < 1.29 is 17.7 Å². The summed E-state index contributed by atoms with van der Waals surface area (Å²) in [5, 5.41) is 7.36. The molecular weight excluding hydrogens is 354 g/mol. The van der Waals surface area contributed by atoms with Gasteiger partial charge in [-0.25, -0.2) is 8.42 Å². The third-order valence-electron chi connectivity index (χ3n) is 4.38. The highest BCUT2D eigenvalue weighted by molar-refractivity contribution is 7.92. The first-order valence-corrected chi connectivity index (χ1v) is 9.90. The quantitative estimate of drug-likeness (QED) is 0.764. The summed E-state index contributed by atoms with van der Waals surface area (Å²) >= 11 is 0. The van der Waals surface area contributed by atoms with Gasteiger partial charge in [0.15, 0.2) is 5.58 Å². The van der Waals surface area contributed by atoms with Crippen molar-refractivity contribution in [2.45, 2.75) is 12.8 Å². The number of benzene rings is 2. The van der Waals surface area contributed by atoms with Crippen LogP contribution in [-0.2, 0) is 10.0 Å². The SMILES string of the molecule is O=C(Nc1ccc2cnoc2c1)c1ccc(N2CCCCS2(=O)=O)cc1. The monoisotopic (exact) mass is 371 g/mol. The zero-order chi connectivity index (χ0) is 18.1. The zero-order valence-electron chi connectivity index (χ0n) is 13.9. The lowest BCUT2D eigenvalue weighted by Crippen LogP contribution is -2.37. The lowest BCUT2D eigenvalue weighted by atomic mass is 10.1. The van der Waals surface area contributed by atoms with Gasteiger partial charge >= 0.3 is 0 Å². The summed E-state index contributed by atoms with van der Waals surface area (Å²) < 4.78 is 30.8. The van der Waals surface area contributed by atoms with Crippen molar-refractivity contribution in [3.63, 3.8) is 0 Å². The molecule has 3 aromatic rings. The number of rotatable bonds is 3. The summed E-state index contributed by atoms with van der Waals surface area (Å²) in [7, 11) is -3.26. The second-order valence-corrected chi connectivity index (χ2v) is 8.19. The first-order valence-electron chi connectivity index (χ1n) is 8.29. The highest BCUT2D eigenvalue weighted by Crippen LogP contribution is 2.24. The second-order valence-electron chi connectivity index (χ2n) is 6.17. The standard InChI is InChI=1S/C18H17N3O4S/c22-18(20-15-6-3-14-12-19-25-17(14)11-15)13-4-7-16(8-5-13)21-9-1-2-10-26(21,23)24/h3-8,11-12H,1-2,9-10H2,(H,20,22). The van der Waals surface area contributed by atoms with E-state index in [1.807, 2.05) is 6.07 Å². The Morgan fingerprint density at radius 1 is 1.12 bits per heavy atom. The highest BCUT2D eigenvalue weighted by Gasteiger charge is 2.26. The number of aromatic nitrogens is 1. The summed E-state index contributed by atoms with van der Waals surface area (Å²) in [4.78, 5) is 12.4. The van der Waals surface area contributed by atoms with Crippen LogP contribution in [-0.4, -0.2) is 31.8 Å². The van der Waals surface area contributed by atoms with Gasteiger partial charge in [-0.1, -0.05) is 5.16 Å². The Hall–Kier alpha value is -2.87. The first kappa shape index (κ1) is 16.6. The van der Waals surface area contributed by atoms with E-state index < -0.39 is 10.0 Å². The molecule has 1 aromatic heterocycles. The van der Waals surface area contributed by atoms with E-state index >= 15 is 0 Å². The summed E-state index contributed by atoms with van der Waals surface area (Å²) in [5.74, 6) is -0.115. The van der Waals surface area contributed by atoms with Crippen molar-refractivity contribution in [3.8, 4) is 0 Å². The molecule has 1 N–H and O–H groups in total. The van der Waals surface area contributed by atoms with Crippen LogP contribution in [0.2, 0.25) is 0 Å². The van der Waals surface area contributed by atoms with E-state index in [-0.39, 0.29) is 11.7 Å². The Labute approximate surface area is 150 Å². The van der Waals surface area contributed by atoms with E-state index in [0.29, 0.717) is 35.5 Å². The lowest BCUT2D eigenvalue weighted by molar-refractivity contribution is 0.102. The van der Waals surface area contributed by atoms with Gasteiger partial charge in [0.05, 0.1) is 17.6 Å². The molecule has 0 unspecified atom stereocenters. The number of hydrogen-bond donors (Lipinski definition) is 1. The number of amides is 1. The van der Waals surface area contributed by atoms with Crippen molar-refractivity contribution in [2.24, 2.45) is 0 Å². The number of nitrogens with one attached hydrogen (secondary N) is 1. The molecule has 4 rings (SSSR count). The molecule has 0 atom stereocenters. The fraction of sp³-hybridized carbons (Fsp3) is 0.222. The van der Waals surface area contributed by atoms with Gasteiger partial charge in [0.25, 0.3) is 5.91 Å². The molecule has 1 aliphatic rings. The van der Waals surface area contributed by atoms with Crippen LogP contribution in [0.3, 0.4) is 0 Å². The maximum absolute atomic E-state index is 12.4. The molecule has 1 fully saturated rings. The molecule has 1 aliphatic heterocycles. The van der Waals surface area contributed by atoms with Gasteiger partial charge in [-0.2, -0.15) is 0 Å². The molecule has 0 spiro atoms. The Bertz CT molecular complexity index is 1060. The number of fused-ring (bicyclic) bond motifs is 1. The van der Waals surface area contributed by atoms with Crippen LogP contribution in [0.25, 0.3) is 11.0 Å². The van der Waals surface area contributed by atoms with Crippen molar-refractivity contribution in [1.82, 2.24) is 5.16 Å². The van der Waals surface area contributed by atoms with Crippen LogP contribution in [0.4, 0.5) is 11.4 Å². The fourth-order valence-electron chi connectivity index (χ4n) is 3.00. The first-order chi connectivity index (χ1) is 12.5. The van der Waals surface area contributed by atoms with E-state index in [0.717, 1.165) is 11.8 Å². The van der Waals surface area contributed by atoms with Gasteiger partial charge in [-0.15, -0.1) is 0 Å². The average molecular weight is 371 g/mol. The van der Waals surface area contributed by atoms with Gasteiger partial charge in [0.1, 0.15) is 0 Å². The normalized spacial score (nSPS) is 16.5. The number of nitrogens with zero attached hydrogens (tertiary/aromatic N) is 2. The smallest absolute Gasteiger partial charge is 0.255 e. The second kappa shape index (κ2) is 6.45. The third kappa shape index (κ3) is 3.15. The van der Waals surface area contributed by atoms with Crippen LogP contribution in [0.5, 0.6) is 0 Å². The number of hydrogen-bond acceptors (Lipinski definition) is 5. The Morgan fingerprint density at radius 2 is 1.92 bits per heavy atom. The molecule has 0 aliphatic carbocycles. The summed E-state index contributed by atoms with van der Waals surface area (Å²) in [6, 6.07) is 11.9. The van der Waals surface area contributed by atoms with E-state index in [1.165, 1.54) is 4.31 Å². The van der Waals surface area contributed by atoms with Gasteiger partial charge < -0.3 is 9.84 Å². The molecule has 0 saturated carbocycles. The number of sulfonamides is 1. The Morgan fingerprint density at radius 3 is 2.69 bits per heavy atom. The van der Waals surface area contributed by atoms with Crippen LogP contribution < -0.4 is 9.62 Å². The van der Waals surface area contributed by atoms with Crippen molar-refractivity contribution in [1.29, 1.82) is 0 Å². The number of anilines is 2. The van der Waals surface area contributed by atoms with E-state index in [4.69, 9.17) is 4.52 Å². The molecular formula is C18H17N3O4S. The zero-order valence-corrected chi connectivity index (χ0v) is 14.7. The highest BCUT2D eigenvalue weighted by atomic mass is 32.2. The molecule has 7 nitrogen and oxygen atoms in total. The largest absolute Gasteiger partial charge is 0.356 e. The molecule has 1 saturated heterocycles. The minimum Gasteiger partial charge on any atom is -0.356 e. The Kier molecular flexibility index (Phi) is 4.12. The van der Waals surface area contributed by atoms with Crippen LogP contribution >= 0.6 is 0 Å². The average Bonchev–Trinajstić information content (AvgIpc) is 3.09. The summed E-state index contributed by atoms with van der Waals surface area (Å²) in [6.45, 7) is 0.477. The van der Waals surface area contributed by atoms with Gasteiger partial charge in [0, 0.05) is 29.2 Å². The molecule has 0 bridgehead atoms. The minimum atomic E-state index is -3.26. The predicted molar refractivity (Wildman–Crippen MR) is 98.8 cm³/mol. The Balaban J connectivity index is 1.51. The molecule has 26 heavy (non-hydrogen) atoms. The molecule has 8 heteroatoms.